The normalized spacial score (nSPS) is 15.8. The van der Waals surface area contributed by atoms with Crippen molar-refractivity contribution in [2.45, 2.75) is 6.04 Å². The maximum atomic E-state index is 11.5. The number of benzene rings is 2. The molecule has 3 aromatic rings. The summed E-state index contributed by atoms with van der Waals surface area (Å²) in [4.78, 5) is 4.26. The van der Waals surface area contributed by atoms with Crippen LogP contribution >= 0.6 is 15.9 Å². The highest BCUT2D eigenvalue weighted by Gasteiger charge is 2.21. The third-order valence-corrected chi connectivity index (χ3v) is 5.34. The first kappa shape index (κ1) is 19.5. The smallest absolute Gasteiger partial charge is 0.197 e. The average Bonchev–Trinajstić information content (AvgIpc) is 3.08. The summed E-state index contributed by atoms with van der Waals surface area (Å²) in [6, 6.07) is 15.1. The number of allylic oxidation sites excluding steroid dienone is 1. The minimum atomic E-state index is -3.62. The van der Waals surface area contributed by atoms with Crippen molar-refractivity contribution in [2.75, 3.05) is 18.7 Å². The van der Waals surface area contributed by atoms with E-state index in [1.807, 2.05) is 54.6 Å². The molecule has 0 saturated heterocycles. The maximum Gasteiger partial charge on any atom is 0.197 e. The first-order valence-electron chi connectivity index (χ1n) is 8.61. The molecule has 2 aromatic carbocycles. The Balaban J connectivity index is 1.79. The molecule has 8 nitrogen and oxygen atoms in total. The molecule has 4 rings (SSSR count). The molecule has 0 amide bonds. The Labute approximate surface area is 176 Å². The van der Waals surface area contributed by atoms with Crippen molar-refractivity contribution in [1.82, 2.24) is 14.8 Å². The molecule has 150 valence electrons. The van der Waals surface area contributed by atoms with Gasteiger partial charge in [0.25, 0.3) is 0 Å². The molecule has 1 aliphatic heterocycles. The fourth-order valence-electron chi connectivity index (χ4n) is 3.01. The predicted molar refractivity (Wildman–Crippen MR) is 115 cm³/mol. The predicted octanol–water partition coefficient (Wildman–Crippen LogP) is 4.07. The van der Waals surface area contributed by atoms with E-state index in [2.05, 4.69) is 36.1 Å². The lowest BCUT2D eigenvalue weighted by atomic mass is 10.0. The van der Waals surface area contributed by atoms with Crippen molar-refractivity contribution in [3.05, 3.63) is 74.9 Å². The number of sulfonamides is 1. The number of hydrogen-bond donors (Lipinski definition) is 1. The molecule has 0 spiro atoms. The van der Waals surface area contributed by atoms with E-state index in [1.54, 1.807) is 11.8 Å². The number of fused-ring (bicyclic) bond motifs is 1. The molecule has 0 unspecified atom stereocenters. The molecule has 1 aliphatic rings. The van der Waals surface area contributed by atoms with E-state index < -0.39 is 10.0 Å². The lowest BCUT2D eigenvalue weighted by Gasteiger charge is -2.27. The van der Waals surface area contributed by atoms with Crippen molar-refractivity contribution in [3.8, 4) is 5.75 Å². The summed E-state index contributed by atoms with van der Waals surface area (Å²) < 4.78 is 34.5. The fourth-order valence-corrected chi connectivity index (χ4v) is 3.64. The van der Waals surface area contributed by atoms with Gasteiger partial charge in [-0.15, -0.1) is 0 Å². The van der Waals surface area contributed by atoms with Crippen LogP contribution in [0, 0.1) is 0 Å². The Bertz CT molecular complexity index is 1170. The zero-order valence-electron chi connectivity index (χ0n) is 15.6. The number of hydrogen-bond acceptors (Lipinski definition) is 6. The molecular weight excluding hydrogens is 458 g/mol. The molecule has 10 heteroatoms. The molecule has 0 fully saturated rings. The Morgan fingerprint density at radius 1 is 1.14 bits per heavy atom. The second-order valence-corrected chi connectivity index (χ2v) is 9.00. The van der Waals surface area contributed by atoms with Crippen LogP contribution in [0.4, 0.5) is 11.9 Å². The van der Waals surface area contributed by atoms with Gasteiger partial charge in [0.1, 0.15) is 11.7 Å². The van der Waals surface area contributed by atoms with Crippen molar-refractivity contribution in [3.63, 3.8) is 0 Å². The molecule has 1 atom stereocenters. The summed E-state index contributed by atoms with van der Waals surface area (Å²) in [7, 11) is -2.01. The Hall–Kier alpha value is -2.85. The van der Waals surface area contributed by atoms with Crippen molar-refractivity contribution >= 4 is 43.5 Å². The number of rotatable bonds is 5. The van der Waals surface area contributed by atoms with E-state index in [1.165, 1.54) is 0 Å². The van der Waals surface area contributed by atoms with Gasteiger partial charge >= 0.3 is 0 Å². The van der Waals surface area contributed by atoms with Crippen LogP contribution in [0.3, 0.4) is 0 Å². The molecule has 2 heterocycles. The second-order valence-electron chi connectivity index (χ2n) is 6.43. The highest BCUT2D eigenvalue weighted by Crippen LogP contribution is 2.35. The van der Waals surface area contributed by atoms with E-state index in [9.17, 15) is 8.42 Å². The van der Waals surface area contributed by atoms with Gasteiger partial charge in [-0.25, -0.2) is 8.42 Å². The van der Waals surface area contributed by atoms with Crippen molar-refractivity contribution < 1.29 is 13.2 Å². The van der Waals surface area contributed by atoms with Gasteiger partial charge in [0.15, 0.2) is 10.0 Å². The molecule has 0 aliphatic carbocycles. The second kappa shape index (κ2) is 7.53. The van der Waals surface area contributed by atoms with Gasteiger partial charge in [-0.2, -0.15) is 0 Å². The summed E-state index contributed by atoms with van der Waals surface area (Å²) in [5.74, 6) is 1.04. The Morgan fingerprint density at radius 3 is 2.45 bits per heavy atom. The summed E-state index contributed by atoms with van der Waals surface area (Å²) in [6.07, 6.45) is 3.02. The van der Waals surface area contributed by atoms with Crippen LogP contribution in [0.5, 0.6) is 5.75 Å². The van der Waals surface area contributed by atoms with Gasteiger partial charge in [0, 0.05) is 16.4 Å². The van der Waals surface area contributed by atoms with Crippen LogP contribution in [0.1, 0.15) is 17.2 Å². The van der Waals surface area contributed by atoms with Crippen LogP contribution in [-0.2, 0) is 10.0 Å². The summed E-state index contributed by atoms with van der Waals surface area (Å²) >= 11 is 3.44. The topological polar surface area (TPSA) is 100 Å². The van der Waals surface area contributed by atoms with Crippen molar-refractivity contribution in [2.24, 2.45) is 0 Å². The quantitative estimate of drug-likeness (QED) is 0.597. The number of nitrogens with zero attached hydrogens (tertiary/aromatic N) is 4. The van der Waals surface area contributed by atoms with Gasteiger partial charge in [-0.1, -0.05) is 40.2 Å². The van der Waals surface area contributed by atoms with Gasteiger partial charge in [0.2, 0.25) is 0 Å². The first-order chi connectivity index (χ1) is 13.8. The summed E-state index contributed by atoms with van der Waals surface area (Å²) in [6.45, 7) is 0. The number of nitrogens with one attached hydrogen (secondary N) is 1. The van der Waals surface area contributed by atoms with E-state index in [-0.39, 0.29) is 12.0 Å². The number of methoxy groups -OCH3 is 1. The van der Waals surface area contributed by atoms with Gasteiger partial charge in [-0.3, -0.25) is 14.5 Å². The summed E-state index contributed by atoms with van der Waals surface area (Å²) in [5.41, 5.74) is 2.74. The van der Waals surface area contributed by atoms with Gasteiger partial charge in [-0.05, 0) is 41.5 Å². The monoisotopic (exact) mass is 474 g/mol. The average molecular weight is 475 g/mol. The molecule has 1 aromatic heterocycles. The number of ether oxygens (including phenoxy) is 1. The lowest BCUT2D eigenvalue weighted by molar-refractivity contribution is 0.414. The Kier molecular flexibility index (Phi) is 5.05. The molecule has 0 radical (unpaired) electrons. The minimum Gasteiger partial charge on any atom is -0.497 e. The van der Waals surface area contributed by atoms with Crippen LogP contribution < -0.4 is 10.1 Å². The van der Waals surface area contributed by atoms with E-state index in [4.69, 9.17) is 4.74 Å². The van der Waals surface area contributed by atoms with Crippen LogP contribution in [0.2, 0.25) is 0 Å². The highest BCUT2D eigenvalue weighted by atomic mass is 79.9. The Morgan fingerprint density at radius 2 is 1.83 bits per heavy atom. The molecule has 0 saturated carbocycles. The van der Waals surface area contributed by atoms with Crippen molar-refractivity contribution in [1.29, 1.82) is 0 Å². The van der Waals surface area contributed by atoms with Gasteiger partial charge < -0.3 is 15.0 Å². The number of anilines is 1. The lowest BCUT2D eigenvalue weighted by Crippen LogP contribution is -2.20. The fraction of sp³-hybridized carbons (Fsp3) is 0.158. The van der Waals surface area contributed by atoms with E-state index >= 15 is 0 Å². The molecule has 29 heavy (non-hydrogen) atoms. The standard InChI is InChI=1S/C19H17BrN5O3S/c1-28-15-9-5-13(6-10-15)17-11-16(12-3-7-14(20)8-4-12)21-19-22-18(23-25(17)19)24-29(2,26)27/h3-11,17H,1-2H3,(H-,21,22,23,24)/q-1/t17-/m0/s1. The third-order valence-electron chi connectivity index (χ3n) is 4.31. The SMILES string of the molecule is COc1ccc([C@@H]2C=C(c3ccc(Br)cc3)Nc3nc([N-]S(C)(=O)=O)nn32)cc1. The summed E-state index contributed by atoms with van der Waals surface area (Å²) in [5, 5.41) is 7.51. The molecular formula is C19H17BrN5O3S-. The molecule has 0 bridgehead atoms. The van der Waals surface area contributed by atoms with Crippen LogP contribution in [-0.4, -0.2) is 36.5 Å². The van der Waals surface area contributed by atoms with Crippen LogP contribution in [0.25, 0.3) is 10.4 Å². The zero-order valence-corrected chi connectivity index (χ0v) is 18.0. The number of aromatic nitrogens is 3. The number of halogens is 1. The minimum absolute atomic E-state index is 0.112. The maximum absolute atomic E-state index is 11.5. The highest BCUT2D eigenvalue weighted by molar-refractivity contribution is 9.10. The largest absolute Gasteiger partial charge is 0.497 e. The molecule has 1 N–H and O–H groups in total. The third kappa shape index (κ3) is 4.28. The van der Waals surface area contributed by atoms with E-state index in [0.717, 1.165) is 33.3 Å². The zero-order chi connectivity index (χ0) is 20.6. The van der Waals surface area contributed by atoms with E-state index in [0.29, 0.717) is 5.95 Å². The van der Waals surface area contributed by atoms with Gasteiger partial charge in [0.05, 0.1) is 19.1 Å². The first-order valence-corrected chi connectivity index (χ1v) is 11.2. The van der Waals surface area contributed by atoms with Crippen LogP contribution in [0.15, 0.2) is 59.1 Å².